The van der Waals surface area contributed by atoms with Gasteiger partial charge in [-0.1, -0.05) is 60.7 Å². The number of halogens is 3. The van der Waals surface area contributed by atoms with E-state index in [1.807, 2.05) is 0 Å². The van der Waals surface area contributed by atoms with Crippen molar-refractivity contribution >= 4 is 0 Å². The monoisotopic (exact) mass is 250 g/mol. The highest BCUT2D eigenvalue weighted by molar-refractivity contribution is 5.27. The van der Waals surface area contributed by atoms with E-state index in [0.29, 0.717) is 5.56 Å². The molecule has 0 aliphatic rings. The van der Waals surface area contributed by atoms with Crippen LogP contribution in [0, 0.1) is 0 Å². The molecule has 0 nitrogen and oxygen atoms in total. The number of hydrogen-bond acceptors (Lipinski definition) is 0. The maximum Gasteiger partial charge on any atom is 0.276 e. The Morgan fingerprint density at radius 3 is 1.83 bits per heavy atom. The summed E-state index contributed by atoms with van der Waals surface area (Å²) in [5.41, 5.74) is -2.06. The highest BCUT2D eigenvalue weighted by atomic mass is 19.3. The first-order valence-electron chi connectivity index (χ1n) is 5.69. The minimum Gasteiger partial charge on any atom is -0.232 e. The van der Waals surface area contributed by atoms with Gasteiger partial charge < -0.3 is 0 Å². The van der Waals surface area contributed by atoms with E-state index < -0.39 is 12.1 Å². The molecular weight excluding hydrogens is 237 g/mol. The molecule has 1 atom stereocenters. The average molecular weight is 250 g/mol. The molecule has 0 aromatic heterocycles. The van der Waals surface area contributed by atoms with Gasteiger partial charge in [0.05, 0.1) is 0 Å². The van der Waals surface area contributed by atoms with Gasteiger partial charge >= 0.3 is 0 Å². The van der Waals surface area contributed by atoms with Gasteiger partial charge in [-0.2, -0.15) is 0 Å². The molecule has 0 saturated heterocycles. The largest absolute Gasteiger partial charge is 0.276 e. The third kappa shape index (κ3) is 2.55. The van der Waals surface area contributed by atoms with Crippen LogP contribution < -0.4 is 0 Å². The van der Waals surface area contributed by atoms with Gasteiger partial charge in [-0.3, -0.25) is 0 Å². The molecule has 0 heterocycles. The van der Waals surface area contributed by atoms with Crippen LogP contribution in [0.2, 0.25) is 0 Å². The fourth-order valence-electron chi connectivity index (χ4n) is 1.91. The van der Waals surface area contributed by atoms with E-state index >= 15 is 0 Å². The van der Waals surface area contributed by atoms with E-state index in [9.17, 15) is 13.2 Å². The zero-order valence-corrected chi connectivity index (χ0v) is 9.69. The van der Waals surface area contributed by atoms with Gasteiger partial charge in [0.25, 0.3) is 6.43 Å². The van der Waals surface area contributed by atoms with Crippen molar-refractivity contribution in [3.8, 4) is 0 Å². The number of hydrogen-bond donors (Lipinski definition) is 0. The topological polar surface area (TPSA) is 0 Å². The van der Waals surface area contributed by atoms with Crippen LogP contribution in [0.3, 0.4) is 0 Å². The number of benzene rings is 2. The van der Waals surface area contributed by atoms with E-state index in [-0.39, 0.29) is 12.0 Å². The van der Waals surface area contributed by atoms with Crippen molar-refractivity contribution in [3.63, 3.8) is 0 Å². The number of rotatable bonds is 4. The van der Waals surface area contributed by atoms with Gasteiger partial charge in [0.1, 0.15) is 0 Å². The quantitative estimate of drug-likeness (QED) is 0.756. The Hall–Kier alpha value is -1.77. The second kappa shape index (κ2) is 5.25. The van der Waals surface area contributed by atoms with Crippen molar-refractivity contribution in [1.29, 1.82) is 0 Å². The van der Waals surface area contributed by atoms with Crippen LogP contribution in [-0.2, 0) is 12.1 Å². The third-order valence-electron chi connectivity index (χ3n) is 2.90. The van der Waals surface area contributed by atoms with Gasteiger partial charge in [0.15, 0.2) is 5.67 Å². The van der Waals surface area contributed by atoms with Crippen molar-refractivity contribution in [3.05, 3.63) is 71.8 Å². The Morgan fingerprint density at radius 2 is 1.33 bits per heavy atom. The van der Waals surface area contributed by atoms with E-state index in [1.54, 1.807) is 48.5 Å². The number of alkyl halides is 3. The van der Waals surface area contributed by atoms with Crippen LogP contribution in [0.5, 0.6) is 0 Å². The normalized spacial score (nSPS) is 14.4. The lowest BCUT2D eigenvalue weighted by Crippen LogP contribution is -2.31. The molecule has 2 aromatic rings. The molecule has 0 aliphatic heterocycles. The van der Waals surface area contributed by atoms with E-state index in [0.717, 1.165) is 0 Å². The first-order chi connectivity index (χ1) is 8.63. The molecule has 0 spiro atoms. The Balaban J connectivity index is 2.34. The molecule has 3 heteroatoms. The lowest BCUT2D eigenvalue weighted by molar-refractivity contribution is -0.0389. The van der Waals surface area contributed by atoms with Gasteiger partial charge in [-0.05, 0) is 11.1 Å². The maximum atomic E-state index is 14.6. The van der Waals surface area contributed by atoms with Gasteiger partial charge in [0.2, 0.25) is 0 Å². The second-order valence-electron chi connectivity index (χ2n) is 4.19. The summed E-state index contributed by atoms with van der Waals surface area (Å²) in [7, 11) is 0. The van der Waals surface area contributed by atoms with E-state index in [4.69, 9.17) is 0 Å². The highest BCUT2D eigenvalue weighted by Gasteiger charge is 2.42. The molecule has 0 fully saturated rings. The van der Waals surface area contributed by atoms with E-state index in [1.165, 1.54) is 12.1 Å². The zero-order chi connectivity index (χ0) is 13.0. The maximum absolute atomic E-state index is 14.6. The molecule has 18 heavy (non-hydrogen) atoms. The molecule has 0 amide bonds. The summed E-state index contributed by atoms with van der Waals surface area (Å²) in [4.78, 5) is 0. The predicted octanol–water partition coefficient (Wildman–Crippen LogP) is 4.36. The summed E-state index contributed by atoms with van der Waals surface area (Å²) in [5.74, 6) is 0. The molecule has 0 aliphatic carbocycles. The minimum atomic E-state index is -3.06. The Kier molecular flexibility index (Phi) is 3.70. The van der Waals surface area contributed by atoms with Crippen molar-refractivity contribution in [2.75, 3.05) is 0 Å². The average Bonchev–Trinajstić information content (AvgIpc) is 2.40. The van der Waals surface area contributed by atoms with Crippen LogP contribution >= 0.6 is 0 Å². The molecule has 1 unspecified atom stereocenters. The molecule has 0 bridgehead atoms. The van der Waals surface area contributed by atoms with Crippen LogP contribution in [0.15, 0.2) is 60.7 Å². The molecule has 94 valence electrons. The van der Waals surface area contributed by atoms with Gasteiger partial charge in [-0.15, -0.1) is 0 Å². The lowest BCUT2D eigenvalue weighted by atomic mass is 9.89. The summed E-state index contributed by atoms with van der Waals surface area (Å²) in [6.45, 7) is 0. The van der Waals surface area contributed by atoms with Crippen molar-refractivity contribution in [1.82, 2.24) is 0 Å². The summed E-state index contributed by atoms with van der Waals surface area (Å²) in [5, 5.41) is 0. The molecule has 2 rings (SSSR count). The first kappa shape index (κ1) is 12.7. The third-order valence-corrected chi connectivity index (χ3v) is 2.90. The summed E-state index contributed by atoms with van der Waals surface area (Å²) < 4.78 is 40.7. The van der Waals surface area contributed by atoms with Crippen LogP contribution in [-0.4, -0.2) is 6.43 Å². The van der Waals surface area contributed by atoms with Crippen LogP contribution in [0.1, 0.15) is 11.1 Å². The van der Waals surface area contributed by atoms with Gasteiger partial charge in [0, 0.05) is 6.42 Å². The zero-order valence-electron chi connectivity index (χ0n) is 9.69. The SMILES string of the molecule is FC(F)C(F)(Cc1ccccc1)c1ccccc1. The van der Waals surface area contributed by atoms with Crippen molar-refractivity contribution in [2.24, 2.45) is 0 Å². The fraction of sp³-hybridized carbons (Fsp3) is 0.200. The summed E-state index contributed by atoms with van der Waals surface area (Å²) >= 11 is 0. The molecule has 2 aromatic carbocycles. The molecule has 0 N–H and O–H groups in total. The minimum absolute atomic E-state index is 0.0175. The Bertz CT molecular complexity index is 482. The summed E-state index contributed by atoms with van der Waals surface area (Å²) in [6.07, 6.45) is -3.38. The molecule has 0 radical (unpaired) electrons. The first-order valence-corrected chi connectivity index (χ1v) is 5.69. The Labute approximate surface area is 104 Å². The molecule has 0 saturated carbocycles. The van der Waals surface area contributed by atoms with Crippen LogP contribution in [0.25, 0.3) is 0 Å². The van der Waals surface area contributed by atoms with Crippen molar-refractivity contribution in [2.45, 2.75) is 18.5 Å². The highest BCUT2D eigenvalue weighted by Crippen LogP contribution is 2.36. The van der Waals surface area contributed by atoms with Gasteiger partial charge in [-0.25, -0.2) is 13.2 Å². The van der Waals surface area contributed by atoms with Crippen LogP contribution in [0.4, 0.5) is 13.2 Å². The van der Waals surface area contributed by atoms with Crippen molar-refractivity contribution < 1.29 is 13.2 Å². The lowest BCUT2D eigenvalue weighted by Gasteiger charge is -2.25. The smallest absolute Gasteiger partial charge is 0.232 e. The second-order valence-corrected chi connectivity index (χ2v) is 4.19. The standard InChI is InChI=1S/C15H13F3/c16-14(17)15(18,13-9-5-2-6-10-13)11-12-7-3-1-4-8-12/h1-10,14H,11H2. The Morgan fingerprint density at radius 1 is 0.833 bits per heavy atom. The van der Waals surface area contributed by atoms with E-state index in [2.05, 4.69) is 0 Å². The predicted molar refractivity (Wildman–Crippen MR) is 65.4 cm³/mol. The fourth-order valence-corrected chi connectivity index (χ4v) is 1.91. The summed E-state index contributed by atoms with van der Waals surface area (Å²) in [6, 6.07) is 16.1. The molecular formula is C15H13F3.